The lowest BCUT2D eigenvalue weighted by Gasteiger charge is -2.24. The quantitative estimate of drug-likeness (QED) is 0.800. The van der Waals surface area contributed by atoms with Crippen molar-refractivity contribution >= 4 is 38.2 Å². The van der Waals surface area contributed by atoms with Crippen LogP contribution in [0.1, 0.15) is 12.8 Å². The van der Waals surface area contributed by atoms with Crippen LogP contribution in [0, 0.1) is 0 Å². The summed E-state index contributed by atoms with van der Waals surface area (Å²) in [6.45, 7) is 2.55. The zero-order valence-electron chi connectivity index (χ0n) is 12.1. The van der Waals surface area contributed by atoms with Crippen molar-refractivity contribution in [3.63, 3.8) is 0 Å². The summed E-state index contributed by atoms with van der Waals surface area (Å²) in [4.78, 5) is 2.69. The molecule has 2 rings (SSSR count). The molecule has 1 N–H and O–H groups in total. The highest BCUT2D eigenvalue weighted by molar-refractivity contribution is 9.10. The van der Waals surface area contributed by atoms with E-state index in [0.29, 0.717) is 17.5 Å². The summed E-state index contributed by atoms with van der Waals surface area (Å²) in [6.07, 6.45) is 2.31. The fraction of sp³-hybridized carbons (Fsp3) is 0.571. The van der Waals surface area contributed by atoms with Crippen LogP contribution in [-0.4, -0.2) is 51.8 Å². The van der Waals surface area contributed by atoms with Crippen molar-refractivity contribution in [2.45, 2.75) is 23.8 Å². The second kappa shape index (κ2) is 8.48. The molecule has 1 aliphatic rings. The van der Waals surface area contributed by atoms with Gasteiger partial charge in [0.25, 0.3) is 0 Å². The molecule has 1 atom stereocenters. The third kappa shape index (κ3) is 5.21. The predicted molar refractivity (Wildman–Crippen MR) is 92.0 cm³/mol. The number of nitrogens with zero attached hydrogens (tertiary/aromatic N) is 1. The van der Waals surface area contributed by atoms with Gasteiger partial charge in [0.05, 0.1) is 10.6 Å². The summed E-state index contributed by atoms with van der Waals surface area (Å²) in [5, 5.41) is 3.18. The van der Waals surface area contributed by atoms with Gasteiger partial charge in [-0.05, 0) is 50.7 Å². The molecule has 0 aromatic heterocycles. The second-order valence-corrected chi connectivity index (χ2v) is 8.19. The normalized spacial score (nSPS) is 19.4. The summed E-state index contributed by atoms with van der Waals surface area (Å²) >= 11 is 3.32. The lowest BCUT2D eigenvalue weighted by molar-refractivity contribution is 0.264. The van der Waals surface area contributed by atoms with Crippen LogP contribution in [0.3, 0.4) is 0 Å². The van der Waals surface area contributed by atoms with E-state index in [0.717, 1.165) is 30.4 Å². The van der Waals surface area contributed by atoms with Crippen LogP contribution in [-0.2, 0) is 9.84 Å². The zero-order chi connectivity index (χ0) is 14.6. The molecule has 7 heteroatoms. The number of nitrogens with one attached hydrogen (secondary N) is 1. The van der Waals surface area contributed by atoms with Crippen LogP contribution >= 0.6 is 28.3 Å². The number of likely N-dealkylation sites (tertiary alicyclic amines) is 1. The number of hydrogen-bond donors (Lipinski definition) is 1. The second-order valence-electron chi connectivity index (χ2n) is 5.16. The molecule has 1 fully saturated rings. The fourth-order valence-electron chi connectivity index (χ4n) is 2.65. The average Bonchev–Trinajstić information content (AvgIpc) is 2.85. The molecule has 1 unspecified atom stereocenters. The van der Waals surface area contributed by atoms with E-state index >= 15 is 0 Å². The molecule has 1 saturated heterocycles. The Morgan fingerprint density at radius 2 is 2.00 bits per heavy atom. The van der Waals surface area contributed by atoms with Crippen LogP contribution in [0.4, 0.5) is 0 Å². The minimum Gasteiger partial charge on any atom is -0.318 e. The fourth-order valence-corrected chi connectivity index (χ4v) is 4.18. The minimum atomic E-state index is -3.19. The van der Waals surface area contributed by atoms with Crippen molar-refractivity contribution in [3.8, 4) is 0 Å². The van der Waals surface area contributed by atoms with E-state index in [-0.39, 0.29) is 18.2 Å². The number of rotatable bonds is 6. The summed E-state index contributed by atoms with van der Waals surface area (Å²) in [5.41, 5.74) is 0. The Hall–Kier alpha value is -0.140. The van der Waals surface area contributed by atoms with E-state index in [2.05, 4.69) is 26.1 Å². The molecule has 120 valence electrons. The minimum absolute atomic E-state index is 0. The third-order valence-corrected chi connectivity index (χ3v) is 6.00. The van der Waals surface area contributed by atoms with E-state index in [1.54, 1.807) is 24.3 Å². The van der Waals surface area contributed by atoms with Gasteiger partial charge in [-0.15, -0.1) is 12.4 Å². The molecule has 0 saturated carbocycles. The first-order valence-corrected chi connectivity index (χ1v) is 9.34. The first-order chi connectivity index (χ1) is 9.53. The van der Waals surface area contributed by atoms with Crippen molar-refractivity contribution in [1.29, 1.82) is 0 Å². The van der Waals surface area contributed by atoms with Gasteiger partial charge >= 0.3 is 0 Å². The summed E-state index contributed by atoms with van der Waals surface area (Å²) < 4.78 is 25.5. The smallest absolute Gasteiger partial charge is 0.179 e. The molecule has 1 aliphatic heterocycles. The highest BCUT2D eigenvalue weighted by Crippen LogP contribution is 2.19. The summed E-state index contributed by atoms with van der Waals surface area (Å²) in [5.74, 6) is 0.189. The first kappa shape index (κ1) is 18.9. The van der Waals surface area contributed by atoms with Crippen molar-refractivity contribution in [2.75, 3.05) is 32.4 Å². The number of benzene rings is 1. The number of halogens is 2. The Balaban J connectivity index is 0.00000220. The molecule has 1 heterocycles. The predicted octanol–water partition coefficient (Wildman–Crippen LogP) is 2.33. The van der Waals surface area contributed by atoms with Gasteiger partial charge in [0.15, 0.2) is 9.84 Å². The monoisotopic (exact) mass is 396 g/mol. The Bertz CT molecular complexity index is 536. The highest BCUT2D eigenvalue weighted by atomic mass is 79.9. The maximum atomic E-state index is 12.3. The largest absolute Gasteiger partial charge is 0.318 e. The zero-order valence-corrected chi connectivity index (χ0v) is 15.3. The maximum Gasteiger partial charge on any atom is 0.179 e. The summed E-state index contributed by atoms with van der Waals surface area (Å²) in [7, 11) is -1.25. The van der Waals surface area contributed by atoms with Crippen LogP contribution in [0.5, 0.6) is 0 Å². The van der Waals surface area contributed by atoms with Crippen LogP contribution in [0.2, 0.25) is 0 Å². The van der Waals surface area contributed by atoms with Crippen LogP contribution in [0.25, 0.3) is 0 Å². The van der Waals surface area contributed by atoms with E-state index in [1.165, 1.54) is 0 Å². The molecule has 1 aromatic rings. The van der Waals surface area contributed by atoms with Crippen LogP contribution in [0.15, 0.2) is 33.6 Å². The van der Waals surface area contributed by atoms with Crippen molar-refractivity contribution < 1.29 is 8.42 Å². The van der Waals surface area contributed by atoms with Gasteiger partial charge in [-0.1, -0.05) is 15.9 Å². The summed E-state index contributed by atoms with van der Waals surface area (Å²) in [6, 6.07) is 7.34. The first-order valence-electron chi connectivity index (χ1n) is 6.90. The van der Waals surface area contributed by atoms with Crippen molar-refractivity contribution in [3.05, 3.63) is 28.7 Å². The molecule has 0 aliphatic carbocycles. The van der Waals surface area contributed by atoms with E-state index in [4.69, 9.17) is 0 Å². The molecule has 4 nitrogen and oxygen atoms in total. The van der Waals surface area contributed by atoms with Gasteiger partial charge in [0.1, 0.15) is 0 Å². The average molecular weight is 398 g/mol. The van der Waals surface area contributed by atoms with Crippen molar-refractivity contribution in [2.24, 2.45) is 0 Å². The van der Waals surface area contributed by atoms with E-state index in [1.807, 2.05) is 7.05 Å². The van der Waals surface area contributed by atoms with Gasteiger partial charge in [-0.25, -0.2) is 8.42 Å². The Morgan fingerprint density at radius 1 is 1.33 bits per heavy atom. The van der Waals surface area contributed by atoms with E-state index < -0.39 is 9.84 Å². The molecule has 0 amide bonds. The van der Waals surface area contributed by atoms with Gasteiger partial charge in [0, 0.05) is 23.6 Å². The van der Waals surface area contributed by atoms with Gasteiger partial charge in [-0.2, -0.15) is 0 Å². The number of hydrogen-bond acceptors (Lipinski definition) is 4. The SMILES string of the molecule is CNCC1CCCN1CCS(=O)(=O)c1ccc(Br)cc1.Cl. The molecule has 0 bridgehead atoms. The standard InChI is InChI=1S/C14H21BrN2O2S.ClH/c1-16-11-13-3-2-8-17(13)9-10-20(18,19)14-6-4-12(15)5-7-14;/h4-7,13,16H,2-3,8-11H2,1H3;1H. The molecule has 21 heavy (non-hydrogen) atoms. The maximum absolute atomic E-state index is 12.3. The molecular formula is C14H22BrClN2O2S. The van der Waals surface area contributed by atoms with Crippen molar-refractivity contribution in [1.82, 2.24) is 10.2 Å². The Kier molecular flexibility index (Phi) is 7.64. The van der Waals surface area contributed by atoms with Crippen LogP contribution < -0.4 is 5.32 Å². The molecular weight excluding hydrogens is 376 g/mol. The lowest BCUT2D eigenvalue weighted by Crippen LogP contribution is -2.39. The molecule has 0 radical (unpaired) electrons. The molecule has 0 spiro atoms. The molecule has 1 aromatic carbocycles. The Morgan fingerprint density at radius 3 is 2.62 bits per heavy atom. The van der Waals surface area contributed by atoms with Gasteiger partial charge in [-0.3, -0.25) is 4.90 Å². The topological polar surface area (TPSA) is 49.4 Å². The lowest BCUT2D eigenvalue weighted by atomic mass is 10.2. The van der Waals surface area contributed by atoms with Gasteiger partial charge < -0.3 is 5.32 Å². The number of sulfone groups is 1. The highest BCUT2D eigenvalue weighted by Gasteiger charge is 2.25. The Labute approximate surface area is 141 Å². The third-order valence-electron chi connectivity index (χ3n) is 3.76. The van der Waals surface area contributed by atoms with E-state index in [9.17, 15) is 8.42 Å². The number of likely N-dealkylation sites (N-methyl/N-ethyl adjacent to an activating group) is 1. The van der Waals surface area contributed by atoms with Gasteiger partial charge in [0.2, 0.25) is 0 Å².